The van der Waals surface area contributed by atoms with Crippen molar-refractivity contribution >= 4 is 41.3 Å². The van der Waals surface area contributed by atoms with E-state index in [9.17, 15) is 0 Å². The second-order valence-electron chi connectivity index (χ2n) is 6.63. The Bertz CT molecular complexity index is 543. The van der Waals surface area contributed by atoms with Crippen LogP contribution in [0.4, 0.5) is 0 Å². The second kappa shape index (κ2) is 7.05. The summed E-state index contributed by atoms with van der Waals surface area (Å²) in [6.07, 6.45) is 1.57. The lowest BCUT2D eigenvalue weighted by Crippen LogP contribution is -2.67. The van der Waals surface area contributed by atoms with Gasteiger partial charge in [-0.05, 0) is 25.5 Å². The fourth-order valence-electron chi connectivity index (χ4n) is 3.71. The topological polar surface area (TPSA) is 45.7 Å². The standard InChI is InChI=1S/C16H25N3OS.HI/c1-10-5-6-11(21-10)9-18-15(17-4)19-13-12-7-8-20-14(12)16(13,2)3;/h5-6,12-14H,7-9H2,1-4H3,(H2,17,18,19);1H. The van der Waals surface area contributed by atoms with Gasteiger partial charge in [0, 0.05) is 40.8 Å². The van der Waals surface area contributed by atoms with Gasteiger partial charge in [-0.25, -0.2) is 0 Å². The lowest BCUT2D eigenvalue weighted by molar-refractivity contribution is -0.106. The summed E-state index contributed by atoms with van der Waals surface area (Å²) >= 11 is 1.83. The second-order valence-corrected chi connectivity index (χ2v) is 8.00. The molecule has 3 rings (SSSR count). The first kappa shape index (κ1) is 18.0. The zero-order valence-corrected chi connectivity index (χ0v) is 16.8. The van der Waals surface area contributed by atoms with Crippen molar-refractivity contribution in [3.05, 3.63) is 21.9 Å². The Balaban J connectivity index is 0.00000176. The number of guanidine groups is 1. The summed E-state index contributed by atoms with van der Waals surface area (Å²) in [5.41, 5.74) is 0.179. The summed E-state index contributed by atoms with van der Waals surface area (Å²) < 4.78 is 5.85. The molecule has 2 fully saturated rings. The first-order chi connectivity index (χ1) is 10.0. The first-order valence-corrected chi connectivity index (χ1v) is 8.48. The number of hydrogen-bond acceptors (Lipinski definition) is 3. The van der Waals surface area contributed by atoms with Gasteiger partial charge in [0.2, 0.25) is 0 Å². The number of hydrogen-bond donors (Lipinski definition) is 2. The third-order valence-corrected chi connectivity index (χ3v) is 5.84. The van der Waals surface area contributed by atoms with Crippen molar-refractivity contribution in [3.63, 3.8) is 0 Å². The molecule has 2 aliphatic rings. The Morgan fingerprint density at radius 2 is 2.23 bits per heavy atom. The maximum atomic E-state index is 5.85. The highest BCUT2D eigenvalue weighted by Gasteiger charge is 2.59. The van der Waals surface area contributed by atoms with Crippen LogP contribution in [-0.4, -0.2) is 31.8 Å². The Hall–Kier alpha value is -0.340. The predicted octanol–water partition coefficient (Wildman–Crippen LogP) is 3.15. The number of nitrogens with one attached hydrogen (secondary N) is 2. The van der Waals surface area contributed by atoms with Gasteiger partial charge in [-0.3, -0.25) is 4.99 Å². The monoisotopic (exact) mass is 435 g/mol. The van der Waals surface area contributed by atoms with Gasteiger partial charge >= 0.3 is 0 Å². The first-order valence-electron chi connectivity index (χ1n) is 7.66. The van der Waals surface area contributed by atoms with Crippen LogP contribution < -0.4 is 10.6 Å². The van der Waals surface area contributed by atoms with Crippen molar-refractivity contribution in [2.45, 2.75) is 45.9 Å². The van der Waals surface area contributed by atoms with Crippen molar-refractivity contribution in [3.8, 4) is 0 Å². The highest BCUT2D eigenvalue weighted by atomic mass is 127. The van der Waals surface area contributed by atoms with Crippen molar-refractivity contribution in [2.75, 3.05) is 13.7 Å². The van der Waals surface area contributed by atoms with E-state index in [4.69, 9.17) is 4.74 Å². The molecule has 4 nitrogen and oxygen atoms in total. The highest BCUT2D eigenvalue weighted by Crippen LogP contribution is 2.52. The summed E-state index contributed by atoms with van der Waals surface area (Å²) in [5, 5.41) is 7.03. The molecule has 0 amide bonds. The summed E-state index contributed by atoms with van der Waals surface area (Å²) in [7, 11) is 1.84. The van der Waals surface area contributed by atoms with E-state index in [-0.39, 0.29) is 29.4 Å². The van der Waals surface area contributed by atoms with Crippen molar-refractivity contribution in [1.82, 2.24) is 10.6 Å². The van der Waals surface area contributed by atoms with Crippen LogP contribution in [0.3, 0.4) is 0 Å². The minimum atomic E-state index is 0. The third-order valence-electron chi connectivity index (χ3n) is 4.84. The van der Waals surface area contributed by atoms with Crippen LogP contribution in [0.1, 0.15) is 30.0 Å². The molecule has 1 aliphatic heterocycles. The van der Waals surface area contributed by atoms with E-state index in [0.29, 0.717) is 18.1 Å². The molecule has 3 unspecified atom stereocenters. The van der Waals surface area contributed by atoms with Gasteiger partial charge in [-0.2, -0.15) is 0 Å². The van der Waals surface area contributed by atoms with E-state index in [1.807, 2.05) is 18.4 Å². The largest absolute Gasteiger partial charge is 0.377 e. The number of ether oxygens (including phenoxy) is 1. The van der Waals surface area contributed by atoms with Gasteiger partial charge in [0.25, 0.3) is 0 Å². The normalized spacial score (nSPS) is 29.3. The van der Waals surface area contributed by atoms with Crippen LogP contribution in [0.2, 0.25) is 0 Å². The molecule has 1 aromatic heterocycles. The molecule has 1 saturated carbocycles. The van der Waals surface area contributed by atoms with E-state index in [1.54, 1.807) is 0 Å². The number of rotatable bonds is 3. The Morgan fingerprint density at radius 1 is 1.45 bits per heavy atom. The molecule has 1 aliphatic carbocycles. The Labute approximate surface area is 154 Å². The smallest absolute Gasteiger partial charge is 0.191 e. The summed E-state index contributed by atoms with van der Waals surface area (Å²) in [6, 6.07) is 4.78. The molecule has 1 aromatic rings. The number of halogens is 1. The zero-order chi connectivity index (χ0) is 15.0. The third kappa shape index (κ3) is 3.28. The SMILES string of the molecule is CN=C(NCc1ccc(C)s1)NC1C2CCOC2C1(C)C.I. The lowest BCUT2D eigenvalue weighted by atomic mass is 9.57. The molecule has 0 aromatic carbocycles. The molecule has 2 N–H and O–H groups in total. The van der Waals surface area contributed by atoms with Crippen LogP contribution in [0.25, 0.3) is 0 Å². The molecule has 124 valence electrons. The molecule has 22 heavy (non-hydrogen) atoms. The van der Waals surface area contributed by atoms with Crippen molar-refractivity contribution in [1.29, 1.82) is 0 Å². The van der Waals surface area contributed by atoms with Crippen LogP contribution in [0, 0.1) is 18.3 Å². The minimum Gasteiger partial charge on any atom is -0.377 e. The molecule has 0 radical (unpaired) electrons. The van der Waals surface area contributed by atoms with Crippen LogP contribution >= 0.6 is 35.3 Å². The Kier molecular flexibility index (Phi) is 5.77. The van der Waals surface area contributed by atoms with Crippen molar-refractivity contribution < 1.29 is 4.74 Å². The molecule has 2 heterocycles. The minimum absolute atomic E-state index is 0. The summed E-state index contributed by atoms with van der Waals surface area (Å²) in [6.45, 7) is 8.44. The van der Waals surface area contributed by atoms with Gasteiger partial charge in [0.1, 0.15) is 0 Å². The molecule has 3 atom stereocenters. The predicted molar refractivity (Wildman–Crippen MR) is 103 cm³/mol. The number of thiophene rings is 1. The number of aryl methyl sites for hydroxylation is 1. The van der Waals surface area contributed by atoms with Gasteiger partial charge in [-0.1, -0.05) is 13.8 Å². The van der Waals surface area contributed by atoms with Crippen LogP contribution in [0.15, 0.2) is 17.1 Å². The number of nitrogens with zero attached hydrogens (tertiary/aromatic N) is 1. The van der Waals surface area contributed by atoms with Gasteiger partial charge in [0.15, 0.2) is 5.96 Å². The average molecular weight is 435 g/mol. The summed E-state index contributed by atoms with van der Waals surface area (Å²) in [4.78, 5) is 7.06. The number of aliphatic imine (C=N–C) groups is 1. The molecule has 1 saturated heterocycles. The van der Waals surface area contributed by atoms with Crippen LogP contribution in [0.5, 0.6) is 0 Å². The summed E-state index contributed by atoms with van der Waals surface area (Å²) in [5.74, 6) is 1.52. The fourth-order valence-corrected chi connectivity index (χ4v) is 4.54. The highest BCUT2D eigenvalue weighted by molar-refractivity contribution is 14.0. The van der Waals surface area contributed by atoms with E-state index >= 15 is 0 Å². The van der Waals surface area contributed by atoms with Gasteiger partial charge in [-0.15, -0.1) is 35.3 Å². The molecule has 0 spiro atoms. The molecule has 6 heteroatoms. The molecular weight excluding hydrogens is 409 g/mol. The molecular formula is C16H26IN3OS. The van der Waals surface area contributed by atoms with E-state index in [2.05, 4.69) is 48.5 Å². The quantitative estimate of drug-likeness (QED) is 0.436. The fraction of sp³-hybridized carbons (Fsp3) is 0.688. The maximum absolute atomic E-state index is 5.85. The van der Waals surface area contributed by atoms with Crippen molar-refractivity contribution in [2.24, 2.45) is 16.3 Å². The van der Waals surface area contributed by atoms with E-state index < -0.39 is 0 Å². The average Bonchev–Trinajstić information content (AvgIpc) is 3.06. The molecule has 0 bridgehead atoms. The lowest BCUT2D eigenvalue weighted by Gasteiger charge is -2.54. The maximum Gasteiger partial charge on any atom is 0.191 e. The van der Waals surface area contributed by atoms with E-state index in [1.165, 1.54) is 9.75 Å². The Morgan fingerprint density at radius 3 is 2.86 bits per heavy atom. The van der Waals surface area contributed by atoms with Crippen LogP contribution in [-0.2, 0) is 11.3 Å². The zero-order valence-electron chi connectivity index (χ0n) is 13.7. The van der Waals surface area contributed by atoms with Gasteiger partial charge < -0.3 is 15.4 Å². The van der Waals surface area contributed by atoms with E-state index in [0.717, 1.165) is 25.5 Å². The van der Waals surface area contributed by atoms with Gasteiger partial charge in [0.05, 0.1) is 12.6 Å². The number of fused-ring (bicyclic) bond motifs is 1.